The average molecular weight is 398 g/mol. The van der Waals surface area contributed by atoms with E-state index in [9.17, 15) is 9.59 Å². The first-order valence-electron chi connectivity index (χ1n) is 8.74. The van der Waals surface area contributed by atoms with Crippen LogP contribution in [0.5, 0.6) is 0 Å². The van der Waals surface area contributed by atoms with Crippen LogP contribution in [0, 0.1) is 5.92 Å². The third-order valence-electron chi connectivity index (χ3n) is 4.51. The summed E-state index contributed by atoms with van der Waals surface area (Å²) < 4.78 is 15.8. The lowest BCUT2D eigenvalue weighted by Gasteiger charge is -2.17. The summed E-state index contributed by atoms with van der Waals surface area (Å²) in [6.45, 7) is 0.293. The van der Waals surface area contributed by atoms with Crippen LogP contribution >= 0.6 is 11.8 Å². The molecule has 1 saturated heterocycles. The first-order chi connectivity index (χ1) is 13.6. The van der Waals surface area contributed by atoms with Crippen LogP contribution in [0.25, 0.3) is 11.5 Å². The fourth-order valence-electron chi connectivity index (χ4n) is 3.07. The van der Waals surface area contributed by atoms with E-state index >= 15 is 0 Å². The maximum atomic E-state index is 12.4. The van der Waals surface area contributed by atoms with Crippen LogP contribution in [0.1, 0.15) is 12.1 Å². The minimum absolute atomic E-state index is 0.0182. The second-order valence-corrected chi connectivity index (χ2v) is 7.25. The molecule has 0 aliphatic carbocycles. The summed E-state index contributed by atoms with van der Waals surface area (Å²) in [5.74, 6) is 0.0181. The molecular formula is C20H18N2O5S. The van der Waals surface area contributed by atoms with Gasteiger partial charge in [-0.15, -0.1) is 11.8 Å². The Kier molecular flexibility index (Phi) is 5.21. The molecule has 1 aromatic carbocycles. The van der Waals surface area contributed by atoms with E-state index in [1.807, 2.05) is 30.5 Å². The Morgan fingerprint density at radius 1 is 1.29 bits per heavy atom. The minimum atomic E-state index is -0.498. The summed E-state index contributed by atoms with van der Waals surface area (Å²) in [6, 6.07) is 12.9. The summed E-state index contributed by atoms with van der Waals surface area (Å²) >= 11 is 1.60. The topological polar surface area (TPSA) is 85.8 Å². The quantitative estimate of drug-likeness (QED) is 0.462. The normalized spacial score (nSPS) is 16.5. The molecule has 7 nitrogen and oxygen atoms in total. The zero-order valence-corrected chi connectivity index (χ0v) is 16.0. The highest BCUT2D eigenvalue weighted by molar-refractivity contribution is 7.98. The third kappa shape index (κ3) is 3.82. The standard InChI is InChI=1S/C20H18N2O5S/c1-28-16-5-2-4-15(10-16)22-11-13(8-19(22)23)20(24)26-12-14-9-18(27-21-14)17-6-3-7-25-17/h2-7,9-10,13H,8,11-12H2,1H3/t13-/m0/s1. The number of hydrogen-bond donors (Lipinski definition) is 0. The van der Waals surface area contributed by atoms with Gasteiger partial charge in [-0.25, -0.2) is 0 Å². The van der Waals surface area contributed by atoms with Crippen molar-refractivity contribution in [3.05, 3.63) is 54.4 Å². The Bertz CT molecular complexity index is 982. The molecule has 144 valence electrons. The number of thioether (sulfide) groups is 1. The Labute approximate surface area is 165 Å². The molecule has 1 amide bonds. The summed E-state index contributed by atoms with van der Waals surface area (Å²) in [7, 11) is 0. The number of amides is 1. The Morgan fingerprint density at radius 3 is 2.96 bits per heavy atom. The number of ether oxygens (including phenoxy) is 1. The summed E-state index contributed by atoms with van der Waals surface area (Å²) in [5.41, 5.74) is 1.28. The van der Waals surface area contributed by atoms with Gasteiger partial charge in [0.2, 0.25) is 11.7 Å². The van der Waals surface area contributed by atoms with Gasteiger partial charge in [-0.2, -0.15) is 0 Å². The summed E-state index contributed by atoms with van der Waals surface area (Å²) in [5, 5.41) is 3.88. The van der Waals surface area contributed by atoms with Crippen molar-refractivity contribution in [2.75, 3.05) is 17.7 Å². The monoisotopic (exact) mass is 398 g/mol. The van der Waals surface area contributed by atoms with Crippen LogP contribution in [-0.2, 0) is 20.9 Å². The van der Waals surface area contributed by atoms with Crippen LogP contribution in [-0.4, -0.2) is 29.8 Å². The van der Waals surface area contributed by atoms with E-state index in [1.165, 1.54) is 6.26 Å². The average Bonchev–Trinajstić information content (AvgIpc) is 3.46. The molecule has 8 heteroatoms. The fourth-order valence-corrected chi connectivity index (χ4v) is 3.52. The molecule has 28 heavy (non-hydrogen) atoms. The van der Waals surface area contributed by atoms with Crippen LogP contribution in [0.4, 0.5) is 5.69 Å². The molecule has 2 aromatic heterocycles. The maximum Gasteiger partial charge on any atom is 0.311 e. The number of aromatic nitrogens is 1. The van der Waals surface area contributed by atoms with Crippen molar-refractivity contribution in [2.45, 2.75) is 17.9 Å². The van der Waals surface area contributed by atoms with Gasteiger partial charge in [0.1, 0.15) is 12.3 Å². The fraction of sp³-hybridized carbons (Fsp3) is 0.250. The molecule has 0 unspecified atom stereocenters. The van der Waals surface area contributed by atoms with Crippen molar-refractivity contribution in [1.82, 2.24) is 5.16 Å². The molecule has 0 radical (unpaired) electrons. The molecule has 1 fully saturated rings. The zero-order valence-electron chi connectivity index (χ0n) is 15.2. The molecular weight excluding hydrogens is 380 g/mol. The molecule has 1 aliphatic heterocycles. The second-order valence-electron chi connectivity index (χ2n) is 6.37. The van der Waals surface area contributed by atoms with E-state index in [4.69, 9.17) is 13.7 Å². The van der Waals surface area contributed by atoms with Crippen molar-refractivity contribution in [2.24, 2.45) is 5.92 Å². The van der Waals surface area contributed by atoms with Crippen molar-refractivity contribution < 1.29 is 23.3 Å². The first kappa shape index (κ1) is 18.4. The zero-order chi connectivity index (χ0) is 19.5. The van der Waals surface area contributed by atoms with E-state index in [0.29, 0.717) is 23.8 Å². The van der Waals surface area contributed by atoms with Crippen LogP contribution < -0.4 is 4.90 Å². The van der Waals surface area contributed by atoms with E-state index in [2.05, 4.69) is 5.16 Å². The molecule has 0 N–H and O–H groups in total. The number of anilines is 1. The van der Waals surface area contributed by atoms with Gasteiger partial charge in [0.25, 0.3) is 0 Å². The lowest BCUT2D eigenvalue weighted by molar-refractivity contribution is -0.149. The number of rotatable bonds is 6. The van der Waals surface area contributed by atoms with Gasteiger partial charge >= 0.3 is 5.97 Å². The Hall–Kier alpha value is -3.00. The highest BCUT2D eigenvalue weighted by Gasteiger charge is 2.36. The Morgan fingerprint density at radius 2 is 2.18 bits per heavy atom. The SMILES string of the molecule is CSc1cccc(N2C[C@@H](C(=O)OCc3cc(-c4ccco4)on3)CC2=O)c1. The molecule has 0 spiro atoms. The van der Waals surface area contributed by atoms with Gasteiger partial charge in [-0.05, 0) is 36.6 Å². The molecule has 3 aromatic rings. The third-order valence-corrected chi connectivity index (χ3v) is 5.23. The van der Waals surface area contributed by atoms with Crippen molar-refractivity contribution >= 4 is 29.3 Å². The Balaban J connectivity index is 1.36. The van der Waals surface area contributed by atoms with E-state index < -0.39 is 11.9 Å². The maximum absolute atomic E-state index is 12.4. The van der Waals surface area contributed by atoms with Gasteiger partial charge in [-0.1, -0.05) is 11.2 Å². The predicted molar refractivity (Wildman–Crippen MR) is 103 cm³/mol. The highest BCUT2D eigenvalue weighted by atomic mass is 32.2. The van der Waals surface area contributed by atoms with Gasteiger partial charge < -0.3 is 18.6 Å². The lowest BCUT2D eigenvalue weighted by Crippen LogP contribution is -2.26. The molecule has 0 bridgehead atoms. The van der Waals surface area contributed by atoms with Gasteiger partial charge in [0.05, 0.1) is 12.2 Å². The van der Waals surface area contributed by atoms with Crippen molar-refractivity contribution in [1.29, 1.82) is 0 Å². The molecule has 1 atom stereocenters. The number of carbonyl (C=O) groups is 2. The van der Waals surface area contributed by atoms with Gasteiger partial charge in [0.15, 0.2) is 5.76 Å². The number of hydrogen-bond acceptors (Lipinski definition) is 7. The lowest BCUT2D eigenvalue weighted by atomic mass is 10.1. The van der Waals surface area contributed by atoms with E-state index in [-0.39, 0.29) is 18.9 Å². The molecule has 0 saturated carbocycles. The highest BCUT2D eigenvalue weighted by Crippen LogP contribution is 2.29. The number of carbonyl (C=O) groups excluding carboxylic acids is 2. The number of nitrogens with zero attached hydrogens (tertiary/aromatic N) is 2. The first-order valence-corrected chi connectivity index (χ1v) is 9.97. The number of benzene rings is 1. The van der Waals surface area contributed by atoms with Crippen LogP contribution in [0.3, 0.4) is 0 Å². The molecule has 4 rings (SSSR count). The van der Waals surface area contributed by atoms with Gasteiger partial charge in [-0.3, -0.25) is 9.59 Å². The second kappa shape index (κ2) is 7.93. The van der Waals surface area contributed by atoms with Crippen molar-refractivity contribution in [3.8, 4) is 11.5 Å². The summed E-state index contributed by atoms with van der Waals surface area (Å²) in [6.07, 6.45) is 3.65. The van der Waals surface area contributed by atoms with E-state index in [0.717, 1.165) is 10.6 Å². The van der Waals surface area contributed by atoms with E-state index in [1.54, 1.807) is 34.9 Å². The van der Waals surface area contributed by atoms with Crippen LogP contribution in [0.2, 0.25) is 0 Å². The van der Waals surface area contributed by atoms with Crippen LogP contribution in [0.15, 0.2) is 62.6 Å². The smallest absolute Gasteiger partial charge is 0.311 e. The largest absolute Gasteiger partial charge is 0.461 e. The summed E-state index contributed by atoms with van der Waals surface area (Å²) in [4.78, 5) is 27.5. The predicted octanol–water partition coefficient (Wildman–Crippen LogP) is 3.75. The van der Waals surface area contributed by atoms with Gasteiger partial charge in [0, 0.05) is 29.6 Å². The number of esters is 1. The molecule has 3 heterocycles. The molecule has 1 aliphatic rings. The van der Waals surface area contributed by atoms with Crippen molar-refractivity contribution in [3.63, 3.8) is 0 Å². The number of furan rings is 1. The minimum Gasteiger partial charge on any atom is -0.461 e.